The lowest BCUT2D eigenvalue weighted by atomic mass is 9.63. The maximum atomic E-state index is 11.6. The number of fused-ring (bicyclic) bond motifs is 6. The Hall–Kier alpha value is -3.02. The number of rotatable bonds is 0. The lowest BCUT2D eigenvalue weighted by molar-refractivity contribution is -0.149. The Morgan fingerprint density at radius 1 is 0.636 bits per heavy atom. The minimum Gasteiger partial charge on any atom is -0.386 e. The molecule has 0 spiro atoms. The van der Waals surface area contributed by atoms with E-state index in [-0.39, 0.29) is 34.1 Å². The van der Waals surface area contributed by atoms with Gasteiger partial charge in [0.15, 0.2) is 0 Å². The second-order valence-corrected chi connectivity index (χ2v) is 5.59. The van der Waals surface area contributed by atoms with E-state index in [9.17, 15) is 19.2 Å². The highest BCUT2D eigenvalue weighted by molar-refractivity contribution is 6.19. The highest BCUT2D eigenvalue weighted by Gasteiger charge is 2.46. The molecule has 0 unspecified atom stereocenters. The second kappa shape index (κ2) is 3.41. The van der Waals surface area contributed by atoms with Crippen LogP contribution in [0.15, 0.2) is 35.4 Å². The number of allylic oxidation sites excluding steroid dienone is 2. The van der Waals surface area contributed by atoms with Crippen LogP contribution in [0.2, 0.25) is 0 Å². The summed E-state index contributed by atoms with van der Waals surface area (Å²) in [6.45, 7) is 0. The number of carbonyl (C=O) groups excluding carboxylic acids is 4. The van der Waals surface area contributed by atoms with Gasteiger partial charge in [-0.1, -0.05) is 12.2 Å². The summed E-state index contributed by atoms with van der Waals surface area (Å²) in [7, 11) is 0. The summed E-state index contributed by atoms with van der Waals surface area (Å²) in [6.07, 6.45) is 3.40. The molecule has 2 aliphatic heterocycles. The fraction of sp³-hybridized carbons (Fsp3) is 0.125. The molecule has 2 heterocycles. The summed E-state index contributed by atoms with van der Waals surface area (Å²) >= 11 is 0. The molecule has 2 atom stereocenters. The summed E-state index contributed by atoms with van der Waals surface area (Å²) in [5.74, 6) is -2.78. The lowest BCUT2D eigenvalue weighted by Gasteiger charge is -2.38. The van der Waals surface area contributed by atoms with E-state index in [0.29, 0.717) is 0 Å². The maximum Gasteiger partial charge on any atom is 0.346 e. The number of ether oxygens (including phenoxy) is 2. The zero-order valence-electron chi connectivity index (χ0n) is 10.9. The molecule has 0 saturated carbocycles. The topological polar surface area (TPSA) is 86.7 Å². The van der Waals surface area contributed by atoms with Gasteiger partial charge in [-0.05, 0) is 23.3 Å². The Morgan fingerprint density at radius 3 is 1.50 bits per heavy atom. The lowest BCUT2D eigenvalue weighted by Crippen LogP contribution is -2.26. The maximum absolute atomic E-state index is 11.6. The predicted molar refractivity (Wildman–Crippen MR) is 68.9 cm³/mol. The number of cyclic esters (lactones) is 4. The van der Waals surface area contributed by atoms with Gasteiger partial charge in [0.2, 0.25) is 0 Å². The average molecular weight is 294 g/mol. The highest BCUT2D eigenvalue weighted by Crippen LogP contribution is 2.54. The molecule has 0 bridgehead atoms. The first-order valence-electron chi connectivity index (χ1n) is 6.69. The van der Waals surface area contributed by atoms with Crippen LogP contribution in [0, 0.1) is 0 Å². The molecule has 1 aromatic rings. The van der Waals surface area contributed by atoms with E-state index in [2.05, 4.69) is 9.47 Å². The standard InChI is InChI=1S/C16H6O6/c17-13-9-1-5-6(2-10(9)14(18)21-13)8-4-12-11(3-7(5)8)15(19)22-16(12)20/h1-6H/t5-,6+. The van der Waals surface area contributed by atoms with Gasteiger partial charge in [0, 0.05) is 11.8 Å². The van der Waals surface area contributed by atoms with Gasteiger partial charge in [-0.15, -0.1) is 0 Å². The van der Waals surface area contributed by atoms with Crippen molar-refractivity contribution in [1.29, 1.82) is 0 Å². The van der Waals surface area contributed by atoms with Crippen LogP contribution in [0.4, 0.5) is 0 Å². The van der Waals surface area contributed by atoms with Crippen LogP contribution in [0.5, 0.6) is 0 Å². The van der Waals surface area contributed by atoms with E-state index in [4.69, 9.17) is 0 Å². The zero-order chi connectivity index (χ0) is 15.2. The first-order valence-corrected chi connectivity index (χ1v) is 6.69. The third-order valence-corrected chi connectivity index (χ3v) is 4.56. The van der Waals surface area contributed by atoms with Crippen LogP contribution in [0.3, 0.4) is 0 Å². The van der Waals surface area contributed by atoms with Crippen LogP contribution in [-0.4, -0.2) is 23.9 Å². The Bertz CT molecular complexity index is 844. The van der Waals surface area contributed by atoms with Crippen molar-refractivity contribution in [2.45, 2.75) is 11.8 Å². The van der Waals surface area contributed by atoms with Gasteiger partial charge < -0.3 is 9.47 Å². The molecule has 1 aromatic carbocycles. The van der Waals surface area contributed by atoms with E-state index in [1.165, 1.54) is 0 Å². The molecule has 6 heteroatoms. The zero-order valence-corrected chi connectivity index (χ0v) is 10.9. The van der Waals surface area contributed by atoms with Gasteiger partial charge in [-0.3, -0.25) is 0 Å². The summed E-state index contributed by atoms with van der Waals surface area (Å²) < 4.78 is 9.20. The molecule has 0 radical (unpaired) electrons. The minimum absolute atomic E-state index is 0.0963. The minimum atomic E-state index is -0.651. The number of benzene rings is 1. The second-order valence-electron chi connectivity index (χ2n) is 5.59. The Kier molecular flexibility index (Phi) is 1.80. The van der Waals surface area contributed by atoms with E-state index in [0.717, 1.165) is 11.1 Å². The van der Waals surface area contributed by atoms with Crippen LogP contribution in [0.25, 0.3) is 0 Å². The third kappa shape index (κ3) is 1.17. The van der Waals surface area contributed by atoms with Crippen LogP contribution in [0.1, 0.15) is 43.7 Å². The average Bonchev–Trinajstić information content (AvgIpc) is 2.92. The Labute approximate surface area is 123 Å². The third-order valence-electron chi connectivity index (χ3n) is 4.56. The first-order chi connectivity index (χ1) is 10.5. The van der Waals surface area contributed by atoms with Crippen molar-refractivity contribution in [2.24, 2.45) is 0 Å². The van der Waals surface area contributed by atoms with Crippen molar-refractivity contribution in [1.82, 2.24) is 0 Å². The SMILES string of the molecule is O=C1OC(=O)C2=C[C@H]3c4cc5c(cc4[C@H]3C=C12)C(=O)OC5=O. The van der Waals surface area contributed by atoms with Crippen LogP contribution in [-0.2, 0) is 19.1 Å². The number of hydrogen-bond acceptors (Lipinski definition) is 6. The van der Waals surface area contributed by atoms with Gasteiger partial charge in [-0.2, -0.15) is 0 Å². The first kappa shape index (κ1) is 11.6. The molecule has 1 saturated heterocycles. The fourth-order valence-electron chi connectivity index (χ4n) is 3.51. The van der Waals surface area contributed by atoms with Gasteiger partial charge in [0.25, 0.3) is 0 Å². The van der Waals surface area contributed by atoms with Gasteiger partial charge >= 0.3 is 23.9 Å². The van der Waals surface area contributed by atoms with Gasteiger partial charge in [0.05, 0.1) is 22.3 Å². The van der Waals surface area contributed by atoms with Crippen molar-refractivity contribution in [3.05, 3.63) is 57.7 Å². The molecule has 5 rings (SSSR count). The molecule has 106 valence electrons. The van der Waals surface area contributed by atoms with E-state index < -0.39 is 23.9 Å². The number of carbonyl (C=O) groups is 4. The summed E-state index contributed by atoms with van der Waals surface area (Å²) in [6, 6.07) is 3.27. The smallest absolute Gasteiger partial charge is 0.346 e. The summed E-state index contributed by atoms with van der Waals surface area (Å²) in [4.78, 5) is 46.5. The molecule has 0 N–H and O–H groups in total. The van der Waals surface area contributed by atoms with Crippen LogP contribution < -0.4 is 0 Å². The van der Waals surface area contributed by atoms with Gasteiger partial charge in [-0.25, -0.2) is 19.2 Å². The summed E-state index contributed by atoms with van der Waals surface area (Å²) in [5.41, 5.74) is 2.78. The van der Waals surface area contributed by atoms with Crippen molar-refractivity contribution >= 4 is 23.9 Å². The van der Waals surface area contributed by atoms with Crippen molar-refractivity contribution in [2.75, 3.05) is 0 Å². The molecule has 2 aliphatic carbocycles. The molecular weight excluding hydrogens is 288 g/mol. The predicted octanol–water partition coefficient (Wildman–Crippen LogP) is 1.13. The van der Waals surface area contributed by atoms with Crippen molar-refractivity contribution < 1.29 is 28.7 Å². The Morgan fingerprint density at radius 2 is 1.05 bits per heavy atom. The van der Waals surface area contributed by atoms with E-state index >= 15 is 0 Å². The molecule has 0 amide bonds. The van der Waals surface area contributed by atoms with E-state index in [1.54, 1.807) is 24.3 Å². The molecule has 22 heavy (non-hydrogen) atoms. The highest BCUT2D eigenvalue weighted by atomic mass is 16.6. The fourth-order valence-corrected chi connectivity index (χ4v) is 3.51. The summed E-state index contributed by atoms with van der Waals surface area (Å²) in [5, 5.41) is 0. The van der Waals surface area contributed by atoms with Crippen LogP contribution >= 0.6 is 0 Å². The number of hydrogen-bond donors (Lipinski definition) is 0. The molecular formula is C16H6O6. The largest absolute Gasteiger partial charge is 0.386 e. The van der Waals surface area contributed by atoms with Gasteiger partial charge in [0.1, 0.15) is 0 Å². The normalized spacial score (nSPS) is 26.9. The quantitative estimate of drug-likeness (QED) is 0.526. The van der Waals surface area contributed by atoms with E-state index in [1.807, 2.05) is 0 Å². The molecule has 1 fully saturated rings. The monoisotopic (exact) mass is 294 g/mol. The van der Waals surface area contributed by atoms with Crippen molar-refractivity contribution in [3.63, 3.8) is 0 Å². The Balaban J connectivity index is 1.69. The molecule has 6 nitrogen and oxygen atoms in total. The molecule has 4 aliphatic rings. The number of esters is 4. The van der Waals surface area contributed by atoms with Crippen molar-refractivity contribution in [3.8, 4) is 0 Å². The molecule has 0 aromatic heterocycles.